The van der Waals surface area contributed by atoms with E-state index in [-0.39, 0.29) is 0 Å². The minimum atomic E-state index is -0.774. The number of aromatic nitrogens is 1. The predicted octanol–water partition coefficient (Wildman–Crippen LogP) is 2.84. The summed E-state index contributed by atoms with van der Waals surface area (Å²) < 4.78 is 0. The summed E-state index contributed by atoms with van der Waals surface area (Å²) in [5.41, 5.74) is 2.06. The summed E-state index contributed by atoms with van der Waals surface area (Å²) in [6, 6.07) is 4.05. The molecule has 1 atom stereocenters. The van der Waals surface area contributed by atoms with E-state index in [2.05, 4.69) is 9.88 Å². The van der Waals surface area contributed by atoms with E-state index in [0.717, 1.165) is 24.2 Å². The van der Waals surface area contributed by atoms with Gasteiger partial charge in [0.15, 0.2) is 0 Å². The molecule has 1 aromatic heterocycles. The average molecular weight is 288 g/mol. The lowest BCUT2D eigenvalue weighted by molar-refractivity contribution is -0.140. The number of likely N-dealkylation sites (tertiary alicyclic amines) is 1. The van der Waals surface area contributed by atoms with Gasteiger partial charge in [-0.25, -0.2) is 0 Å². The number of carboxylic acid groups (broad SMARTS) is 1. The van der Waals surface area contributed by atoms with Gasteiger partial charge in [0.2, 0.25) is 0 Å². The molecule has 0 amide bonds. The number of rotatable bonds is 7. The molecule has 4 heteroatoms. The number of nitrogens with zero attached hydrogens (tertiary/aromatic N) is 2. The Morgan fingerprint density at radius 1 is 1.43 bits per heavy atom. The molecule has 2 heterocycles. The Morgan fingerprint density at radius 2 is 2.19 bits per heavy atom. The zero-order valence-electron chi connectivity index (χ0n) is 12.7. The van der Waals surface area contributed by atoms with Crippen molar-refractivity contribution in [3.63, 3.8) is 0 Å². The number of pyridine rings is 1. The van der Waals surface area contributed by atoms with Gasteiger partial charge in [0.05, 0.1) is 5.92 Å². The second-order valence-electron chi connectivity index (χ2n) is 5.59. The fraction of sp³-hybridized carbons (Fsp3) is 0.529. The van der Waals surface area contributed by atoms with Crippen LogP contribution in [0.25, 0.3) is 6.08 Å². The maximum atomic E-state index is 10.9. The summed E-state index contributed by atoms with van der Waals surface area (Å²) in [6.07, 6.45) is 9.63. The minimum Gasteiger partial charge on any atom is -0.481 e. The Morgan fingerprint density at radius 3 is 2.76 bits per heavy atom. The van der Waals surface area contributed by atoms with Crippen molar-refractivity contribution in [1.82, 2.24) is 9.88 Å². The van der Waals surface area contributed by atoms with Crippen LogP contribution in [0, 0.1) is 5.92 Å². The van der Waals surface area contributed by atoms with Crippen molar-refractivity contribution in [3.8, 4) is 0 Å². The SMILES string of the molecule is CCC(C=Cc1ccc(CCN2CCCC2)nc1)C(=O)O. The molecule has 0 aliphatic carbocycles. The summed E-state index contributed by atoms with van der Waals surface area (Å²) >= 11 is 0. The van der Waals surface area contributed by atoms with Crippen LogP contribution >= 0.6 is 0 Å². The number of carboxylic acids is 1. The van der Waals surface area contributed by atoms with Crippen LogP contribution in [0.4, 0.5) is 0 Å². The van der Waals surface area contributed by atoms with Crippen molar-refractivity contribution in [2.45, 2.75) is 32.6 Å². The molecule has 1 unspecified atom stereocenters. The van der Waals surface area contributed by atoms with Crippen LogP contribution < -0.4 is 0 Å². The Balaban J connectivity index is 1.86. The third-order valence-electron chi connectivity index (χ3n) is 4.01. The van der Waals surface area contributed by atoms with Gasteiger partial charge in [-0.3, -0.25) is 9.78 Å². The van der Waals surface area contributed by atoms with Gasteiger partial charge in [0.25, 0.3) is 0 Å². The van der Waals surface area contributed by atoms with E-state index >= 15 is 0 Å². The molecule has 0 saturated carbocycles. The number of aliphatic carboxylic acids is 1. The van der Waals surface area contributed by atoms with Crippen LogP contribution in [-0.2, 0) is 11.2 Å². The van der Waals surface area contributed by atoms with Crippen LogP contribution in [0.2, 0.25) is 0 Å². The smallest absolute Gasteiger partial charge is 0.310 e. The summed E-state index contributed by atoms with van der Waals surface area (Å²) in [4.78, 5) is 17.9. The third-order valence-corrected chi connectivity index (χ3v) is 4.01. The van der Waals surface area contributed by atoms with Crippen molar-refractivity contribution in [2.24, 2.45) is 5.92 Å². The van der Waals surface area contributed by atoms with Crippen LogP contribution in [-0.4, -0.2) is 40.6 Å². The third kappa shape index (κ3) is 4.97. The molecule has 0 aromatic carbocycles. The molecule has 2 rings (SSSR count). The Kier molecular flexibility index (Phi) is 5.93. The fourth-order valence-electron chi connectivity index (χ4n) is 2.58. The van der Waals surface area contributed by atoms with Gasteiger partial charge in [0, 0.05) is 24.9 Å². The van der Waals surface area contributed by atoms with Crippen LogP contribution in [0.1, 0.15) is 37.4 Å². The summed E-state index contributed by atoms with van der Waals surface area (Å²) in [6.45, 7) is 5.39. The second kappa shape index (κ2) is 7.93. The van der Waals surface area contributed by atoms with Crippen molar-refractivity contribution in [3.05, 3.63) is 35.7 Å². The minimum absolute atomic E-state index is 0.417. The Hall–Kier alpha value is -1.68. The van der Waals surface area contributed by atoms with Crippen molar-refractivity contribution in [2.75, 3.05) is 19.6 Å². The molecule has 1 N–H and O–H groups in total. The molecule has 1 aromatic rings. The highest BCUT2D eigenvalue weighted by Gasteiger charge is 2.11. The van der Waals surface area contributed by atoms with E-state index < -0.39 is 11.9 Å². The molecule has 21 heavy (non-hydrogen) atoms. The highest BCUT2D eigenvalue weighted by molar-refractivity contribution is 5.73. The summed E-state index contributed by atoms with van der Waals surface area (Å²) in [5, 5.41) is 9.00. The van der Waals surface area contributed by atoms with Gasteiger partial charge in [-0.2, -0.15) is 0 Å². The van der Waals surface area contributed by atoms with Gasteiger partial charge >= 0.3 is 5.97 Å². The molecule has 1 aliphatic heterocycles. The first-order valence-corrected chi connectivity index (χ1v) is 7.77. The van der Waals surface area contributed by atoms with E-state index in [0.29, 0.717) is 6.42 Å². The molecular formula is C17H24N2O2. The van der Waals surface area contributed by atoms with E-state index in [1.165, 1.54) is 25.9 Å². The monoisotopic (exact) mass is 288 g/mol. The van der Waals surface area contributed by atoms with Crippen LogP contribution in [0.5, 0.6) is 0 Å². The van der Waals surface area contributed by atoms with Gasteiger partial charge in [-0.05, 0) is 44.0 Å². The van der Waals surface area contributed by atoms with Crippen molar-refractivity contribution in [1.29, 1.82) is 0 Å². The highest BCUT2D eigenvalue weighted by Crippen LogP contribution is 2.11. The molecule has 1 aliphatic rings. The highest BCUT2D eigenvalue weighted by atomic mass is 16.4. The molecule has 0 radical (unpaired) electrons. The Labute approximate surface area is 126 Å². The molecule has 114 valence electrons. The van der Waals surface area contributed by atoms with Gasteiger partial charge < -0.3 is 10.0 Å². The van der Waals surface area contributed by atoms with Gasteiger partial charge in [-0.15, -0.1) is 0 Å². The largest absolute Gasteiger partial charge is 0.481 e. The first-order valence-electron chi connectivity index (χ1n) is 7.77. The normalized spacial score (nSPS) is 17.4. The van der Waals surface area contributed by atoms with Crippen LogP contribution in [0.3, 0.4) is 0 Å². The lowest BCUT2D eigenvalue weighted by Crippen LogP contribution is -2.22. The maximum absolute atomic E-state index is 10.9. The molecule has 1 fully saturated rings. The van der Waals surface area contributed by atoms with E-state index in [1.807, 2.05) is 31.3 Å². The first kappa shape index (κ1) is 15.7. The molecular weight excluding hydrogens is 264 g/mol. The topological polar surface area (TPSA) is 53.4 Å². The quantitative estimate of drug-likeness (QED) is 0.838. The number of hydrogen-bond donors (Lipinski definition) is 1. The molecule has 0 bridgehead atoms. The first-order chi connectivity index (χ1) is 10.2. The van der Waals surface area contributed by atoms with E-state index in [9.17, 15) is 4.79 Å². The van der Waals surface area contributed by atoms with E-state index in [1.54, 1.807) is 6.08 Å². The van der Waals surface area contributed by atoms with Crippen molar-refractivity contribution >= 4 is 12.0 Å². The van der Waals surface area contributed by atoms with Gasteiger partial charge in [-0.1, -0.05) is 25.1 Å². The molecule has 0 spiro atoms. The number of carbonyl (C=O) groups is 1. The second-order valence-corrected chi connectivity index (χ2v) is 5.59. The lowest BCUT2D eigenvalue weighted by atomic mass is 10.1. The predicted molar refractivity (Wildman–Crippen MR) is 84.1 cm³/mol. The van der Waals surface area contributed by atoms with Crippen LogP contribution in [0.15, 0.2) is 24.4 Å². The lowest BCUT2D eigenvalue weighted by Gasteiger charge is -2.13. The Bertz CT molecular complexity index is 476. The zero-order valence-corrected chi connectivity index (χ0v) is 12.7. The average Bonchev–Trinajstić information content (AvgIpc) is 3.00. The fourth-order valence-corrected chi connectivity index (χ4v) is 2.58. The number of hydrogen-bond acceptors (Lipinski definition) is 3. The standard InChI is InChI=1S/C17H24N2O2/c1-2-15(17(20)21)7-5-14-6-8-16(18-13-14)9-12-19-10-3-4-11-19/h5-8,13,15H,2-4,9-12H2,1H3,(H,20,21). The molecule has 4 nitrogen and oxygen atoms in total. The van der Waals surface area contributed by atoms with Crippen molar-refractivity contribution < 1.29 is 9.90 Å². The summed E-state index contributed by atoms with van der Waals surface area (Å²) in [5.74, 6) is -1.19. The molecule has 1 saturated heterocycles. The maximum Gasteiger partial charge on any atom is 0.310 e. The summed E-state index contributed by atoms with van der Waals surface area (Å²) in [7, 11) is 0. The van der Waals surface area contributed by atoms with E-state index in [4.69, 9.17) is 5.11 Å². The van der Waals surface area contributed by atoms with Gasteiger partial charge in [0.1, 0.15) is 0 Å². The zero-order chi connectivity index (χ0) is 15.1.